The zero-order valence-electron chi connectivity index (χ0n) is 13.5. The first-order valence-electron chi connectivity index (χ1n) is 7.86. The summed E-state index contributed by atoms with van der Waals surface area (Å²) in [5.74, 6) is 5.86. The maximum atomic E-state index is 13.2. The summed E-state index contributed by atoms with van der Waals surface area (Å²) in [5.41, 5.74) is 7.10. The van der Waals surface area contributed by atoms with E-state index in [-0.39, 0.29) is 5.82 Å². The van der Waals surface area contributed by atoms with Gasteiger partial charge in [-0.05, 0) is 42.7 Å². The number of primary amides is 1. The Hall–Kier alpha value is -3.06. The number of carbonyl (C=O) groups is 1. The van der Waals surface area contributed by atoms with Crippen LogP contribution in [0.15, 0.2) is 48.8 Å². The van der Waals surface area contributed by atoms with Crippen LogP contribution in [0.5, 0.6) is 0 Å². The molecule has 0 aliphatic carbocycles. The molecule has 4 N–H and O–H groups in total. The molecule has 7 heteroatoms. The maximum Gasteiger partial charge on any atom is 0.250 e. The second-order valence-corrected chi connectivity index (χ2v) is 5.69. The van der Waals surface area contributed by atoms with Gasteiger partial charge in [-0.1, -0.05) is 18.2 Å². The van der Waals surface area contributed by atoms with E-state index in [2.05, 4.69) is 9.97 Å². The van der Waals surface area contributed by atoms with Crippen molar-refractivity contribution in [3.05, 3.63) is 65.7 Å². The monoisotopic (exact) mass is 339 g/mol. The van der Waals surface area contributed by atoms with Gasteiger partial charge in [0.25, 0.3) is 5.91 Å². The van der Waals surface area contributed by atoms with E-state index in [1.807, 2.05) is 6.07 Å². The first kappa shape index (κ1) is 16.8. The number of para-hydroxylation sites is 1. The molecule has 1 aromatic heterocycles. The van der Waals surface area contributed by atoms with Crippen LogP contribution in [0.4, 0.5) is 10.2 Å². The molecule has 0 spiro atoms. The summed E-state index contributed by atoms with van der Waals surface area (Å²) in [6.45, 7) is 0.517. The second-order valence-electron chi connectivity index (χ2n) is 5.69. The molecule has 0 aliphatic heterocycles. The number of fused-ring (bicyclic) bond motifs is 1. The van der Waals surface area contributed by atoms with Gasteiger partial charge in [-0.3, -0.25) is 9.80 Å². The number of nitrogens with zero attached hydrogens (tertiary/aromatic N) is 3. The molecule has 128 valence electrons. The minimum Gasteiger partial charge on any atom is -0.366 e. The highest BCUT2D eigenvalue weighted by Gasteiger charge is 2.13. The second kappa shape index (κ2) is 7.23. The van der Waals surface area contributed by atoms with E-state index in [9.17, 15) is 9.18 Å². The molecule has 0 aliphatic rings. The number of nitrogens with two attached hydrogens (primary N) is 2. The summed E-state index contributed by atoms with van der Waals surface area (Å²) in [4.78, 5) is 19.9. The van der Waals surface area contributed by atoms with Gasteiger partial charge < -0.3 is 5.73 Å². The smallest absolute Gasteiger partial charge is 0.250 e. The fourth-order valence-electron chi connectivity index (χ4n) is 2.75. The third-order valence-electron chi connectivity index (χ3n) is 3.93. The Morgan fingerprint density at radius 1 is 1.16 bits per heavy atom. The zero-order chi connectivity index (χ0) is 17.8. The fourth-order valence-corrected chi connectivity index (χ4v) is 2.75. The van der Waals surface area contributed by atoms with Crippen LogP contribution in [-0.4, -0.2) is 22.4 Å². The molecule has 3 aromatic rings. The SMILES string of the molecule is NC(=O)c1cccc2c(N(N)CCCc3cccc(F)c3)ncnc12. The standard InChI is InChI=1S/C18H18FN5O/c19-13-6-1-4-12(10-13)5-3-9-24(21)18-15-8-2-7-14(17(20)25)16(15)22-11-23-18/h1-2,4,6-8,10-11H,3,5,9,21H2,(H2,20,25). The molecule has 0 bridgehead atoms. The van der Waals surface area contributed by atoms with Gasteiger partial charge >= 0.3 is 0 Å². The average Bonchev–Trinajstić information content (AvgIpc) is 2.60. The van der Waals surface area contributed by atoms with Crippen LogP contribution in [0.1, 0.15) is 22.3 Å². The van der Waals surface area contributed by atoms with E-state index in [1.165, 1.54) is 23.5 Å². The van der Waals surface area contributed by atoms with Crippen LogP contribution < -0.4 is 16.6 Å². The number of hydrogen-bond acceptors (Lipinski definition) is 5. The molecule has 2 aromatic carbocycles. The summed E-state index contributed by atoms with van der Waals surface area (Å²) in [6.07, 6.45) is 2.78. The van der Waals surface area contributed by atoms with Crippen molar-refractivity contribution < 1.29 is 9.18 Å². The van der Waals surface area contributed by atoms with Gasteiger partial charge in [0.1, 0.15) is 12.1 Å². The molecule has 25 heavy (non-hydrogen) atoms. The van der Waals surface area contributed by atoms with Crippen LogP contribution in [0.2, 0.25) is 0 Å². The summed E-state index contributed by atoms with van der Waals surface area (Å²) in [5, 5.41) is 2.17. The van der Waals surface area contributed by atoms with Gasteiger partial charge in [0, 0.05) is 11.9 Å². The fraction of sp³-hybridized carbons (Fsp3) is 0.167. The largest absolute Gasteiger partial charge is 0.366 e. The Kier molecular flexibility index (Phi) is 4.85. The quantitative estimate of drug-likeness (QED) is 0.530. The summed E-state index contributed by atoms with van der Waals surface area (Å²) >= 11 is 0. The molecule has 0 atom stereocenters. The third-order valence-corrected chi connectivity index (χ3v) is 3.93. The van der Waals surface area contributed by atoms with E-state index in [0.29, 0.717) is 35.2 Å². The number of amides is 1. The number of carbonyl (C=O) groups excluding carboxylic acids is 1. The maximum absolute atomic E-state index is 13.2. The summed E-state index contributed by atoms with van der Waals surface area (Å²) in [7, 11) is 0. The number of aromatic nitrogens is 2. The predicted molar refractivity (Wildman–Crippen MR) is 94.3 cm³/mol. The Bertz CT molecular complexity index is 915. The molecule has 0 saturated heterocycles. The lowest BCUT2D eigenvalue weighted by Gasteiger charge is -2.19. The number of anilines is 1. The average molecular weight is 339 g/mol. The first-order valence-corrected chi connectivity index (χ1v) is 7.86. The minimum absolute atomic E-state index is 0.247. The number of aryl methyl sites for hydroxylation is 1. The molecule has 3 rings (SSSR count). The molecule has 1 heterocycles. The van der Waals surface area contributed by atoms with Crippen molar-refractivity contribution >= 4 is 22.6 Å². The van der Waals surface area contributed by atoms with Crippen LogP contribution in [0, 0.1) is 5.82 Å². The molecule has 6 nitrogen and oxygen atoms in total. The Morgan fingerprint density at radius 3 is 2.72 bits per heavy atom. The van der Waals surface area contributed by atoms with Crippen molar-refractivity contribution in [2.24, 2.45) is 11.6 Å². The summed E-state index contributed by atoms with van der Waals surface area (Å²) < 4.78 is 13.2. The van der Waals surface area contributed by atoms with E-state index in [0.717, 1.165) is 12.0 Å². The van der Waals surface area contributed by atoms with E-state index in [1.54, 1.807) is 24.3 Å². The van der Waals surface area contributed by atoms with E-state index in [4.69, 9.17) is 11.6 Å². The van der Waals surface area contributed by atoms with E-state index >= 15 is 0 Å². The molecular formula is C18H18FN5O. The molecular weight excluding hydrogens is 321 g/mol. The van der Waals surface area contributed by atoms with Crippen molar-refractivity contribution in [3.8, 4) is 0 Å². The lowest BCUT2D eigenvalue weighted by Crippen LogP contribution is -2.33. The number of halogens is 1. The van der Waals surface area contributed by atoms with Gasteiger partial charge in [-0.2, -0.15) is 0 Å². The number of hydrogen-bond donors (Lipinski definition) is 2. The van der Waals surface area contributed by atoms with Crippen molar-refractivity contribution in [2.75, 3.05) is 11.6 Å². The van der Waals surface area contributed by atoms with E-state index < -0.39 is 5.91 Å². The zero-order valence-corrected chi connectivity index (χ0v) is 13.5. The predicted octanol–water partition coefficient (Wildman–Crippen LogP) is 2.18. The van der Waals surface area contributed by atoms with Crippen LogP contribution in [0.3, 0.4) is 0 Å². The lowest BCUT2D eigenvalue weighted by molar-refractivity contribution is 0.100. The number of benzene rings is 2. The summed E-state index contributed by atoms with van der Waals surface area (Å²) in [6, 6.07) is 11.6. The molecule has 0 radical (unpaired) electrons. The van der Waals surface area contributed by atoms with Gasteiger partial charge in [-0.15, -0.1) is 0 Å². The topological polar surface area (TPSA) is 98.1 Å². The first-order chi connectivity index (χ1) is 12.1. The van der Waals surface area contributed by atoms with Crippen molar-refractivity contribution in [2.45, 2.75) is 12.8 Å². The molecule has 0 unspecified atom stereocenters. The molecule has 1 amide bonds. The number of hydrazine groups is 1. The van der Waals surface area contributed by atoms with Gasteiger partial charge in [0.15, 0.2) is 5.82 Å². The van der Waals surface area contributed by atoms with Crippen molar-refractivity contribution in [1.29, 1.82) is 0 Å². The minimum atomic E-state index is -0.551. The highest BCUT2D eigenvalue weighted by molar-refractivity contribution is 6.06. The molecule has 0 saturated carbocycles. The lowest BCUT2D eigenvalue weighted by atomic mass is 10.1. The van der Waals surface area contributed by atoms with Crippen LogP contribution >= 0.6 is 0 Å². The Balaban J connectivity index is 1.77. The van der Waals surface area contributed by atoms with Gasteiger partial charge in [0.05, 0.1) is 11.1 Å². The van der Waals surface area contributed by atoms with Gasteiger partial charge in [0.2, 0.25) is 0 Å². The Labute approximate surface area is 144 Å². The third kappa shape index (κ3) is 3.72. The molecule has 0 fully saturated rings. The Morgan fingerprint density at radius 2 is 1.96 bits per heavy atom. The van der Waals surface area contributed by atoms with Gasteiger partial charge in [-0.25, -0.2) is 20.2 Å². The highest BCUT2D eigenvalue weighted by Crippen LogP contribution is 2.24. The van der Waals surface area contributed by atoms with Crippen molar-refractivity contribution in [1.82, 2.24) is 9.97 Å². The highest BCUT2D eigenvalue weighted by atomic mass is 19.1. The van der Waals surface area contributed by atoms with Crippen LogP contribution in [-0.2, 0) is 6.42 Å². The normalized spacial score (nSPS) is 10.8. The van der Waals surface area contributed by atoms with Crippen LogP contribution in [0.25, 0.3) is 10.9 Å². The number of rotatable bonds is 6. The van der Waals surface area contributed by atoms with Crippen molar-refractivity contribution in [3.63, 3.8) is 0 Å².